The van der Waals surface area contributed by atoms with E-state index in [-0.39, 0.29) is 5.60 Å². The monoisotopic (exact) mass is 304 g/mol. The largest absolute Gasteiger partial charge is 0.371 e. The van der Waals surface area contributed by atoms with Crippen LogP contribution >= 0.6 is 11.3 Å². The lowest BCUT2D eigenvalue weighted by molar-refractivity contribution is -0.00149. The maximum atomic E-state index is 5.71. The van der Waals surface area contributed by atoms with Gasteiger partial charge in [0.2, 0.25) is 0 Å². The highest BCUT2D eigenvalue weighted by molar-refractivity contribution is 7.12. The van der Waals surface area contributed by atoms with Crippen LogP contribution in [0.5, 0.6) is 0 Å². The van der Waals surface area contributed by atoms with Gasteiger partial charge in [-0.05, 0) is 33.4 Å². The van der Waals surface area contributed by atoms with Crippen LogP contribution in [-0.4, -0.2) is 25.7 Å². The quantitative estimate of drug-likeness (QED) is 0.844. The third-order valence-corrected chi connectivity index (χ3v) is 5.28. The zero-order valence-electron chi connectivity index (χ0n) is 13.3. The van der Waals surface area contributed by atoms with E-state index in [0.29, 0.717) is 0 Å². The zero-order valence-corrected chi connectivity index (χ0v) is 14.1. The Labute approximate surface area is 131 Å². The number of benzene rings is 1. The Morgan fingerprint density at radius 1 is 1.29 bits per heavy atom. The molecule has 0 amide bonds. The van der Waals surface area contributed by atoms with E-state index in [9.17, 15) is 0 Å². The summed E-state index contributed by atoms with van der Waals surface area (Å²) >= 11 is 1.77. The predicted molar refractivity (Wildman–Crippen MR) is 89.8 cm³/mol. The van der Waals surface area contributed by atoms with E-state index in [1.807, 2.05) is 13.1 Å². The van der Waals surface area contributed by atoms with Gasteiger partial charge in [0.1, 0.15) is 10.6 Å². The molecule has 0 radical (unpaired) electrons. The molecule has 1 aromatic carbocycles. The summed E-state index contributed by atoms with van der Waals surface area (Å²) in [5, 5.41) is 4.29. The van der Waals surface area contributed by atoms with Gasteiger partial charge in [0.25, 0.3) is 0 Å². The van der Waals surface area contributed by atoms with Crippen LogP contribution < -0.4 is 5.32 Å². The molecule has 1 atom stereocenters. The summed E-state index contributed by atoms with van der Waals surface area (Å²) in [5.41, 5.74) is 1.98. The summed E-state index contributed by atoms with van der Waals surface area (Å²) in [6.07, 6.45) is 1.90. The van der Waals surface area contributed by atoms with E-state index in [2.05, 4.69) is 43.4 Å². The molecule has 0 saturated heterocycles. The van der Waals surface area contributed by atoms with Crippen LogP contribution in [0, 0.1) is 0 Å². The highest BCUT2D eigenvalue weighted by atomic mass is 32.1. The molecule has 2 rings (SSSR count). The normalized spacial score (nSPS) is 14.1. The Balaban J connectivity index is 2.45. The van der Waals surface area contributed by atoms with Crippen molar-refractivity contribution in [1.29, 1.82) is 0 Å². The smallest absolute Gasteiger partial charge is 0.125 e. The van der Waals surface area contributed by atoms with Crippen molar-refractivity contribution >= 4 is 11.3 Å². The Hall–Kier alpha value is -1.23. The van der Waals surface area contributed by atoms with Crippen LogP contribution in [0.4, 0.5) is 0 Å². The fourth-order valence-electron chi connectivity index (χ4n) is 2.19. The first-order valence-corrected chi connectivity index (χ1v) is 8.21. The molecule has 2 aromatic rings. The number of rotatable bonds is 7. The summed E-state index contributed by atoms with van der Waals surface area (Å²) in [7, 11) is 3.75. The lowest BCUT2D eigenvalue weighted by Crippen LogP contribution is -2.22. The van der Waals surface area contributed by atoms with Crippen molar-refractivity contribution in [2.75, 3.05) is 20.7 Å². The van der Waals surface area contributed by atoms with Gasteiger partial charge in [-0.1, -0.05) is 37.3 Å². The molecule has 1 heterocycles. The van der Waals surface area contributed by atoms with Crippen LogP contribution in [0.2, 0.25) is 0 Å². The predicted octanol–water partition coefficient (Wildman–Crippen LogP) is 3.84. The zero-order chi connectivity index (χ0) is 15.3. The van der Waals surface area contributed by atoms with Crippen LogP contribution in [0.1, 0.15) is 30.2 Å². The Kier molecular flexibility index (Phi) is 5.51. The van der Waals surface area contributed by atoms with Crippen LogP contribution in [0.25, 0.3) is 11.3 Å². The molecule has 0 aliphatic heterocycles. The molecule has 1 N–H and O–H groups in total. The maximum absolute atomic E-state index is 5.71. The van der Waals surface area contributed by atoms with Gasteiger partial charge in [-0.15, -0.1) is 11.3 Å². The summed E-state index contributed by atoms with van der Waals surface area (Å²) < 4.78 is 5.71. The molecular formula is C17H24N2OS. The molecule has 1 unspecified atom stereocenters. The maximum Gasteiger partial charge on any atom is 0.125 e. The van der Waals surface area contributed by atoms with Crippen LogP contribution in [-0.2, 0) is 16.8 Å². The van der Waals surface area contributed by atoms with Gasteiger partial charge in [0.05, 0.1) is 5.69 Å². The van der Waals surface area contributed by atoms with E-state index in [0.717, 1.165) is 30.1 Å². The molecule has 0 aliphatic carbocycles. The minimum atomic E-state index is -0.300. The SMILES string of the molecule is CCC(C)(OC)c1nc(-c2ccccc2)c(CCNC)s1. The third kappa shape index (κ3) is 3.51. The van der Waals surface area contributed by atoms with Gasteiger partial charge in [0, 0.05) is 17.6 Å². The van der Waals surface area contributed by atoms with E-state index in [1.165, 1.54) is 10.4 Å². The van der Waals surface area contributed by atoms with Gasteiger partial charge in [-0.25, -0.2) is 4.98 Å². The van der Waals surface area contributed by atoms with E-state index < -0.39 is 0 Å². The van der Waals surface area contributed by atoms with Crippen molar-refractivity contribution in [1.82, 2.24) is 10.3 Å². The molecule has 4 heteroatoms. The molecule has 0 bridgehead atoms. The second-order valence-electron chi connectivity index (χ2n) is 5.30. The number of aromatic nitrogens is 1. The number of likely N-dealkylation sites (N-methyl/N-ethyl adjacent to an activating group) is 1. The first kappa shape index (κ1) is 16.1. The van der Waals surface area contributed by atoms with Crippen molar-refractivity contribution in [2.45, 2.75) is 32.3 Å². The summed E-state index contributed by atoms with van der Waals surface area (Å²) in [6.45, 7) is 5.21. The first-order valence-electron chi connectivity index (χ1n) is 7.40. The van der Waals surface area contributed by atoms with Crippen molar-refractivity contribution in [3.8, 4) is 11.3 Å². The molecule has 114 valence electrons. The molecule has 1 aromatic heterocycles. The van der Waals surface area contributed by atoms with E-state index in [1.54, 1.807) is 18.4 Å². The number of hydrogen-bond donors (Lipinski definition) is 1. The lowest BCUT2D eigenvalue weighted by atomic mass is 10.0. The summed E-state index contributed by atoms with van der Waals surface area (Å²) in [6, 6.07) is 10.4. The van der Waals surface area contributed by atoms with Crippen molar-refractivity contribution in [2.24, 2.45) is 0 Å². The van der Waals surface area contributed by atoms with E-state index >= 15 is 0 Å². The number of methoxy groups -OCH3 is 1. The first-order chi connectivity index (χ1) is 10.1. The second kappa shape index (κ2) is 7.16. The Bertz CT molecular complexity index is 561. The Morgan fingerprint density at radius 3 is 2.57 bits per heavy atom. The minimum absolute atomic E-state index is 0.300. The fourth-order valence-corrected chi connectivity index (χ4v) is 3.47. The summed E-state index contributed by atoms with van der Waals surface area (Å²) in [4.78, 5) is 6.23. The number of nitrogens with zero attached hydrogens (tertiary/aromatic N) is 1. The van der Waals surface area contributed by atoms with Gasteiger partial charge >= 0.3 is 0 Å². The van der Waals surface area contributed by atoms with Gasteiger partial charge in [0.15, 0.2) is 0 Å². The number of thiazole rings is 1. The molecule has 0 fully saturated rings. The molecular weight excluding hydrogens is 280 g/mol. The highest BCUT2D eigenvalue weighted by Gasteiger charge is 2.29. The van der Waals surface area contributed by atoms with Crippen LogP contribution in [0.3, 0.4) is 0 Å². The van der Waals surface area contributed by atoms with E-state index in [4.69, 9.17) is 9.72 Å². The minimum Gasteiger partial charge on any atom is -0.371 e. The Morgan fingerprint density at radius 2 is 2.00 bits per heavy atom. The standard InChI is InChI=1S/C17H24N2OS/c1-5-17(2,20-4)16-19-15(13-9-7-6-8-10-13)14(21-16)11-12-18-3/h6-10,18H,5,11-12H2,1-4H3. The fraction of sp³-hybridized carbons (Fsp3) is 0.471. The molecule has 0 spiro atoms. The van der Waals surface area contributed by atoms with Gasteiger partial charge < -0.3 is 10.1 Å². The molecule has 3 nitrogen and oxygen atoms in total. The number of nitrogens with one attached hydrogen (secondary N) is 1. The third-order valence-electron chi connectivity index (χ3n) is 3.92. The van der Waals surface area contributed by atoms with Gasteiger partial charge in [-0.2, -0.15) is 0 Å². The average Bonchev–Trinajstić information content (AvgIpc) is 2.97. The second-order valence-corrected chi connectivity index (χ2v) is 6.38. The van der Waals surface area contributed by atoms with Crippen molar-refractivity contribution in [3.05, 3.63) is 40.2 Å². The van der Waals surface area contributed by atoms with Gasteiger partial charge in [-0.3, -0.25) is 0 Å². The molecule has 0 saturated carbocycles. The number of ether oxygens (including phenoxy) is 1. The average molecular weight is 304 g/mol. The topological polar surface area (TPSA) is 34.1 Å². The van der Waals surface area contributed by atoms with Crippen LogP contribution in [0.15, 0.2) is 30.3 Å². The van der Waals surface area contributed by atoms with Crippen molar-refractivity contribution in [3.63, 3.8) is 0 Å². The highest BCUT2D eigenvalue weighted by Crippen LogP contribution is 2.37. The van der Waals surface area contributed by atoms with Crippen molar-refractivity contribution < 1.29 is 4.74 Å². The molecule has 0 aliphatic rings. The molecule has 21 heavy (non-hydrogen) atoms. The number of hydrogen-bond acceptors (Lipinski definition) is 4. The summed E-state index contributed by atoms with van der Waals surface area (Å²) in [5.74, 6) is 0. The lowest BCUT2D eigenvalue weighted by Gasteiger charge is -2.23.